The summed E-state index contributed by atoms with van der Waals surface area (Å²) < 4.78 is 0. The third-order valence-corrected chi connectivity index (χ3v) is 3.20. The second-order valence-electron chi connectivity index (χ2n) is 4.48. The van der Waals surface area contributed by atoms with Gasteiger partial charge in [-0.05, 0) is 19.1 Å². The van der Waals surface area contributed by atoms with E-state index in [2.05, 4.69) is 4.99 Å². The van der Waals surface area contributed by atoms with E-state index in [0.717, 1.165) is 5.71 Å². The van der Waals surface area contributed by atoms with Crippen LogP contribution in [0.4, 0.5) is 5.69 Å². The van der Waals surface area contributed by atoms with Gasteiger partial charge in [0.1, 0.15) is 11.3 Å². The van der Waals surface area contributed by atoms with Gasteiger partial charge in [0.15, 0.2) is 0 Å². The fourth-order valence-corrected chi connectivity index (χ4v) is 1.96. The molecular weight excluding hydrogens is 206 g/mol. The SMILES string of the molecule is CC1=Nc2ccc(C(=O)O)c(O)c2C1(C)C. The van der Waals surface area contributed by atoms with Gasteiger partial charge in [-0.1, -0.05) is 13.8 Å². The van der Waals surface area contributed by atoms with E-state index in [1.165, 1.54) is 6.07 Å². The first-order valence-electron chi connectivity index (χ1n) is 5.01. The molecule has 2 N–H and O–H groups in total. The molecule has 0 unspecified atom stereocenters. The molecule has 16 heavy (non-hydrogen) atoms. The summed E-state index contributed by atoms with van der Waals surface area (Å²) in [6, 6.07) is 3.02. The summed E-state index contributed by atoms with van der Waals surface area (Å²) in [6.45, 7) is 5.71. The minimum atomic E-state index is -1.12. The third-order valence-electron chi connectivity index (χ3n) is 3.20. The molecule has 0 saturated carbocycles. The highest BCUT2D eigenvalue weighted by molar-refractivity contribution is 6.02. The molecule has 0 saturated heterocycles. The van der Waals surface area contributed by atoms with Crippen molar-refractivity contribution in [3.05, 3.63) is 23.3 Å². The largest absolute Gasteiger partial charge is 0.507 e. The number of aromatic carboxylic acids is 1. The molecule has 1 aliphatic heterocycles. The van der Waals surface area contributed by atoms with E-state index >= 15 is 0 Å². The van der Waals surface area contributed by atoms with Crippen molar-refractivity contribution >= 4 is 17.4 Å². The average molecular weight is 219 g/mol. The Morgan fingerprint density at radius 2 is 2.00 bits per heavy atom. The highest BCUT2D eigenvalue weighted by Gasteiger charge is 2.36. The lowest BCUT2D eigenvalue weighted by atomic mass is 9.81. The summed E-state index contributed by atoms with van der Waals surface area (Å²) in [7, 11) is 0. The van der Waals surface area contributed by atoms with Crippen LogP contribution in [0.5, 0.6) is 5.75 Å². The summed E-state index contributed by atoms with van der Waals surface area (Å²) in [5.41, 5.74) is 1.65. The molecule has 0 spiro atoms. The Bertz CT molecular complexity index is 515. The number of carbonyl (C=O) groups is 1. The minimum absolute atomic E-state index is 0.0725. The van der Waals surface area contributed by atoms with Crippen molar-refractivity contribution in [2.24, 2.45) is 4.99 Å². The molecule has 1 aromatic rings. The van der Waals surface area contributed by atoms with Gasteiger partial charge in [0.25, 0.3) is 0 Å². The van der Waals surface area contributed by atoms with Crippen molar-refractivity contribution in [3.63, 3.8) is 0 Å². The first-order chi connectivity index (χ1) is 7.35. The standard InChI is InChI=1S/C12H13NO3/c1-6-12(2,3)9-8(13-6)5-4-7(10(9)14)11(15)16/h4-5,14H,1-3H3,(H,15,16). The zero-order valence-corrected chi connectivity index (χ0v) is 9.40. The van der Waals surface area contributed by atoms with Crippen molar-refractivity contribution in [3.8, 4) is 5.75 Å². The second-order valence-corrected chi connectivity index (χ2v) is 4.48. The molecule has 0 atom stereocenters. The summed E-state index contributed by atoms with van der Waals surface area (Å²) in [6.07, 6.45) is 0. The van der Waals surface area contributed by atoms with E-state index < -0.39 is 11.4 Å². The predicted molar refractivity (Wildman–Crippen MR) is 60.9 cm³/mol. The quantitative estimate of drug-likeness (QED) is 0.762. The van der Waals surface area contributed by atoms with Gasteiger partial charge in [0.2, 0.25) is 0 Å². The second kappa shape index (κ2) is 3.07. The van der Waals surface area contributed by atoms with E-state index in [1.807, 2.05) is 20.8 Å². The molecule has 84 valence electrons. The van der Waals surface area contributed by atoms with Crippen LogP contribution in [0.25, 0.3) is 0 Å². The maximum atomic E-state index is 10.9. The highest BCUT2D eigenvalue weighted by atomic mass is 16.4. The van der Waals surface area contributed by atoms with Gasteiger partial charge >= 0.3 is 5.97 Å². The number of phenols is 1. The number of aliphatic imine (C=N–C) groups is 1. The van der Waals surface area contributed by atoms with Crippen LogP contribution >= 0.6 is 0 Å². The Hall–Kier alpha value is -1.84. The van der Waals surface area contributed by atoms with Gasteiger partial charge in [0, 0.05) is 16.7 Å². The van der Waals surface area contributed by atoms with E-state index in [0.29, 0.717) is 11.3 Å². The number of rotatable bonds is 1. The molecule has 0 aliphatic carbocycles. The van der Waals surface area contributed by atoms with Crippen molar-refractivity contribution in [1.29, 1.82) is 0 Å². The number of carboxylic acids is 1. The lowest BCUT2D eigenvalue weighted by Gasteiger charge is -2.21. The van der Waals surface area contributed by atoms with Gasteiger partial charge in [-0.2, -0.15) is 0 Å². The maximum Gasteiger partial charge on any atom is 0.339 e. The van der Waals surface area contributed by atoms with Crippen LogP contribution in [0.15, 0.2) is 17.1 Å². The number of fused-ring (bicyclic) bond motifs is 1. The minimum Gasteiger partial charge on any atom is -0.507 e. The Balaban J connectivity index is 2.72. The number of aromatic hydroxyl groups is 1. The van der Waals surface area contributed by atoms with Crippen LogP contribution in [0.3, 0.4) is 0 Å². The lowest BCUT2D eigenvalue weighted by Crippen LogP contribution is -2.23. The molecule has 0 bridgehead atoms. The molecule has 2 rings (SSSR count). The van der Waals surface area contributed by atoms with Crippen LogP contribution in [0, 0.1) is 0 Å². The topological polar surface area (TPSA) is 69.9 Å². The Kier molecular flexibility index (Phi) is 2.05. The number of carboxylic acid groups (broad SMARTS) is 1. The van der Waals surface area contributed by atoms with Gasteiger partial charge < -0.3 is 10.2 Å². The van der Waals surface area contributed by atoms with Crippen molar-refractivity contribution in [2.45, 2.75) is 26.2 Å². The van der Waals surface area contributed by atoms with E-state index in [9.17, 15) is 9.90 Å². The molecule has 0 amide bonds. The third kappa shape index (κ3) is 1.23. The Morgan fingerprint density at radius 1 is 1.38 bits per heavy atom. The lowest BCUT2D eigenvalue weighted by molar-refractivity contribution is 0.0693. The molecule has 0 radical (unpaired) electrons. The van der Waals surface area contributed by atoms with E-state index in [4.69, 9.17) is 5.11 Å². The van der Waals surface area contributed by atoms with E-state index in [-0.39, 0.29) is 11.3 Å². The molecule has 1 aliphatic rings. The zero-order chi connectivity index (χ0) is 12.1. The first kappa shape index (κ1) is 10.7. The van der Waals surface area contributed by atoms with Gasteiger partial charge in [-0.3, -0.25) is 4.99 Å². The van der Waals surface area contributed by atoms with Crippen molar-refractivity contribution in [1.82, 2.24) is 0 Å². The predicted octanol–water partition coefficient (Wildman–Crippen LogP) is 2.47. The van der Waals surface area contributed by atoms with Crippen LogP contribution in [-0.4, -0.2) is 21.9 Å². The van der Waals surface area contributed by atoms with Crippen molar-refractivity contribution in [2.75, 3.05) is 0 Å². The monoisotopic (exact) mass is 219 g/mol. The summed E-state index contributed by atoms with van der Waals surface area (Å²) >= 11 is 0. The number of benzene rings is 1. The molecule has 0 fully saturated rings. The highest BCUT2D eigenvalue weighted by Crippen LogP contribution is 2.46. The van der Waals surface area contributed by atoms with Gasteiger partial charge in [-0.15, -0.1) is 0 Å². The van der Waals surface area contributed by atoms with E-state index in [1.54, 1.807) is 6.07 Å². The molecular formula is C12H13NO3. The molecule has 4 heteroatoms. The fourth-order valence-electron chi connectivity index (χ4n) is 1.96. The van der Waals surface area contributed by atoms with Crippen LogP contribution in [0.2, 0.25) is 0 Å². The van der Waals surface area contributed by atoms with Crippen LogP contribution < -0.4 is 0 Å². The zero-order valence-electron chi connectivity index (χ0n) is 9.40. The van der Waals surface area contributed by atoms with Gasteiger partial charge in [-0.25, -0.2) is 4.79 Å². The Morgan fingerprint density at radius 3 is 2.56 bits per heavy atom. The van der Waals surface area contributed by atoms with Crippen LogP contribution in [-0.2, 0) is 5.41 Å². The summed E-state index contributed by atoms with van der Waals surface area (Å²) in [5, 5.41) is 18.9. The van der Waals surface area contributed by atoms with Crippen molar-refractivity contribution < 1.29 is 15.0 Å². The molecule has 4 nitrogen and oxygen atoms in total. The smallest absolute Gasteiger partial charge is 0.339 e. The fraction of sp³-hybridized carbons (Fsp3) is 0.333. The first-order valence-corrected chi connectivity index (χ1v) is 5.01. The number of hydrogen-bond acceptors (Lipinski definition) is 3. The molecule has 1 aromatic carbocycles. The average Bonchev–Trinajstić information content (AvgIpc) is 2.38. The normalized spacial score (nSPS) is 16.8. The number of nitrogens with zero attached hydrogens (tertiary/aromatic N) is 1. The van der Waals surface area contributed by atoms with Crippen LogP contribution in [0.1, 0.15) is 36.7 Å². The summed E-state index contributed by atoms with van der Waals surface area (Å²) in [4.78, 5) is 15.2. The Labute approximate surface area is 93.3 Å². The van der Waals surface area contributed by atoms with Gasteiger partial charge in [0.05, 0.1) is 5.69 Å². The molecule has 1 heterocycles. The summed E-state index contributed by atoms with van der Waals surface area (Å²) in [5.74, 6) is -1.30. The maximum absolute atomic E-state index is 10.9. The molecule has 0 aromatic heterocycles. The number of hydrogen-bond donors (Lipinski definition) is 2.